The third kappa shape index (κ3) is 3.33. The van der Waals surface area contributed by atoms with Crippen molar-refractivity contribution in [3.63, 3.8) is 0 Å². The highest BCUT2D eigenvalue weighted by atomic mass is 16.5. The molecule has 0 aliphatic carbocycles. The van der Waals surface area contributed by atoms with Crippen molar-refractivity contribution in [2.75, 3.05) is 5.32 Å². The number of rotatable bonds is 5. The Bertz CT molecular complexity index is 1340. The number of nitrogens with zero attached hydrogens (tertiary/aromatic N) is 3. The van der Waals surface area contributed by atoms with Crippen LogP contribution < -0.4 is 11.1 Å². The van der Waals surface area contributed by atoms with Gasteiger partial charge in [0.15, 0.2) is 5.82 Å². The number of nitriles is 1. The van der Waals surface area contributed by atoms with E-state index in [1.54, 1.807) is 24.3 Å². The fourth-order valence-corrected chi connectivity index (χ4v) is 3.18. The molecule has 8 nitrogen and oxygen atoms in total. The van der Waals surface area contributed by atoms with E-state index in [9.17, 15) is 14.9 Å². The summed E-state index contributed by atoms with van der Waals surface area (Å²) in [5.74, 6) is -0.959. The number of para-hydroxylation sites is 1. The molecule has 0 radical (unpaired) electrons. The van der Waals surface area contributed by atoms with Crippen LogP contribution in [0.25, 0.3) is 22.3 Å². The molecule has 4 aromatic rings. The zero-order valence-electron chi connectivity index (χ0n) is 15.2. The highest BCUT2D eigenvalue weighted by molar-refractivity contribution is 6.08. The number of carbonyl (C=O) groups excluding carboxylic acids is 1. The number of benzene rings is 2. The molecule has 1 amide bonds. The van der Waals surface area contributed by atoms with Crippen molar-refractivity contribution in [3.05, 3.63) is 83.0 Å². The first-order valence-electron chi connectivity index (χ1n) is 8.71. The summed E-state index contributed by atoms with van der Waals surface area (Å²) in [6, 6.07) is 16.2. The number of amides is 1. The van der Waals surface area contributed by atoms with E-state index in [2.05, 4.69) is 26.6 Å². The van der Waals surface area contributed by atoms with E-state index in [0.717, 1.165) is 10.9 Å². The number of hydrogen-bond donors (Lipinski definition) is 2. The van der Waals surface area contributed by atoms with Crippen molar-refractivity contribution < 1.29 is 9.32 Å². The van der Waals surface area contributed by atoms with Crippen molar-refractivity contribution in [1.82, 2.24) is 14.7 Å². The lowest BCUT2D eigenvalue weighted by Gasteiger charge is -2.11. The van der Waals surface area contributed by atoms with Gasteiger partial charge in [-0.1, -0.05) is 29.4 Å². The number of H-pyrrole nitrogens is 1. The van der Waals surface area contributed by atoms with Gasteiger partial charge in [0.2, 0.25) is 0 Å². The molecule has 29 heavy (non-hydrogen) atoms. The number of nitrogens with one attached hydrogen (secondary N) is 2. The zero-order valence-corrected chi connectivity index (χ0v) is 15.2. The summed E-state index contributed by atoms with van der Waals surface area (Å²) in [6.45, 7) is 4.23. The number of anilines is 1. The second-order valence-corrected chi connectivity index (χ2v) is 6.26. The average Bonchev–Trinajstić information content (AvgIpc) is 3.33. The number of aromatic amines is 1. The molecular weight excluding hydrogens is 370 g/mol. The summed E-state index contributed by atoms with van der Waals surface area (Å²) < 4.78 is 6.42. The fraction of sp³-hybridized carbons (Fsp3) is 0.0476. The van der Waals surface area contributed by atoms with E-state index in [-0.39, 0.29) is 11.7 Å². The summed E-state index contributed by atoms with van der Waals surface area (Å²) in [5, 5.41) is 16.6. The molecule has 0 fully saturated rings. The molecule has 8 heteroatoms. The molecule has 2 aromatic carbocycles. The SMILES string of the molecule is C=CCn1c(C(=O)Nc2ccc(C#N)cc2-c2noc(=O)[nH]2)cc2ccccc21. The number of allylic oxidation sites excluding steroid dienone is 1. The zero-order chi connectivity index (χ0) is 20.4. The molecule has 4 rings (SSSR count). The minimum Gasteiger partial charge on any atom is -0.333 e. The lowest BCUT2D eigenvalue weighted by molar-refractivity contribution is 0.101. The Morgan fingerprint density at radius 2 is 2.14 bits per heavy atom. The molecule has 0 aliphatic heterocycles. The fourth-order valence-electron chi connectivity index (χ4n) is 3.18. The van der Waals surface area contributed by atoms with Gasteiger partial charge in [0.1, 0.15) is 5.69 Å². The highest BCUT2D eigenvalue weighted by Crippen LogP contribution is 2.27. The Morgan fingerprint density at radius 1 is 1.31 bits per heavy atom. The quantitative estimate of drug-likeness (QED) is 0.511. The minimum atomic E-state index is -0.731. The normalized spacial score (nSPS) is 10.6. The lowest BCUT2D eigenvalue weighted by Crippen LogP contribution is -2.17. The van der Waals surface area contributed by atoms with E-state index >= 15 is 0 Å². The van der Waals surface area contributed by atoms with Crippen molar-refractivity contribution in [2.24, 2.45) is 0 Å². The van der Waals surface area contributed by atoms with Gasteiger partial charge in [-0.15, -0.1) is 6.58 Å². The van der Waals surface area contributed by atoms with Crippen LogP contribution in [0.15, 0.2) is 70.5 Å². The van der Waals surface area contributed by atoms with Crippen LogP contribution in [-0.2, 0) is 6.54 Å². The molecule has 0 saturated heterocycles. The maximum absolute atomic E-state index is 13.1. The first kappa shape index (κ1) is 18.0. The third-order valence-corrected chi connectivity index (χ3v) is 4.45. The smallest absolute Gasteiger partial charge is 0.333 e. The number of hydrogen-bond acceptors (Lipinski definition) is 5. The topological polar surface area (TPSA) is 117 Å². The van der Waals surface area contributed by atoms with Crippen LogP contribution in [0, 0.1) is 11.3 Å². The van der Waals surface area contributed by atoms with Gasteiger partial charge in [0, 0.05) is 23.0 Å². The average molecular weight is 385 g/mol. The van der Waals surface area contributed by atoms with Gasteiger partial charge >= 0.3 is 5.76 Å². The summed E-state index contributed by atoms with van der Waals surface area (Å²) in [6.07, 6.45) is 1.72. The van der Waals surface area contributed by atoms with Crippen LogP contribution in [-0.4, -0.2) is 20.6 Å². The molecule has 0 unspecified atom stereocenters. The molecular formula is C21H15N5O3. The number of fused-ring (bicyclic) bond motifs is 1. The van der Waals surface area contributed by atoms with Gasteiger partial charge in [-0.25, -0.2) is 4.79 Å². The summed E-state index contributed by atoms with van der Waals surface area (Å²) >= 11 is 0. The van der Waals surface area contributed by atoms with Gasteiger partial charge in [-0.2, -0.15) is 5.26 Å². The molecule has 0 spiro atoms. The van der Waals surface area contributed by atoms with Crippen LogP contribution in [0.3, 0.4) is 0 Å². The third-order valence-electron chi connectivity index (χ3n) is 4.45. The molecule has 2 aromatic heterocycles. The summed E-state index contributed by atoms with van der Waals surface area (Å²) in [5.41, 5.74) is 2.47. The largest absolute Gasteiger partial charge is 0.439 e. The molecule has 0 aliphatic rings. The van der Waals surface area contributed by atoms with Crippen molar-refractivity contribution in [2.45, 2.75) is 6.54 Å². The Hall–Kier alpha value is -4.38. The minimum absolute atomic E-state index is 0.119. The first-order chi connectivity index (χ1) is 14.1. The summed E-state index contributed by atoms with van der Waals surface area (Å²) in [4.78, 5) is 26.9. The van der Waals surface area contributed by atoms with Crippen molar-refractivity contribution in [1.29, 1.82) is 5.26 Å². The van der Waals surface area contributed by atoms with E-state index in [0.29, 0.717) is 29.1 Å². The van der Waals surface area contributed by atoms with Gasteiger partial charge in [-0.3, -0.25) is 14.3 Å². The number of aromatic nitrogens is 3. The van der Waals surface area contributed by atoms with Gasteiger partial charge in [0.05, 0.1) is 17.3 Å². The van der Waals surface area contributed by atoms with Crippen molar-refractivity contribution >= 4 is 22.5 Å². The Labute approximate surface area is 164 Å². The maximum Gasteiger partial charge on any atom is 0.439 e. The van der Waals surface area contributed by atoms with E-state index in [1.165, 1.54) is 6.07 Å². The monoisotopic (exact) mass is 385 g/mol. The highest BCUT2D eigenvalue weighted by Gasteiger charge is 2.18. The van der Waals surface area contributed by atoms with Gasteiger partial charge in [0.25, 0.3) is 5.91 Å². The van der Waals surface area contributed by atoms with Crippen molar-refractivity contribution in [3.8, 4) is 17.5 Å². The molecule has 142 valence electrons. The van der Waals surface area contributed by atoms with Crippen LogP contribution >= 0.6 is 0 Å². The Balaban J connectivity index is 1.77. The van der Waals surface area contributed by atoms with E-state index < -0.39 is 5.76 Å². The predicted molar refractivity (Wildman–Crippen MR) is 107 cm³/mol. The Kier molecular flexibility index (Phi) is 4.55. The molecule has 0 atom stereocenters. The van der Waals surface area contributed by atoms with Gasteiger partial charge < -0.3 is 9.88 Å². The molecule has 2 heterocycles. The second-order valence-electron chi connectivity index (χ2n) is 6.26. The predicted octanol–water partition coefficient (Wildman–Crippen LogP) is 3.29. The molecule has 0 saturated carbocycles. The number of carbonyl (C=O) groups is 1. The summed E-state index contributed by atoms with van der Waals surface area (Å²) in [7, 11) is 0. The van der Waals surface area contributed by atoms with Crippen LogP contribution in [0.5, 0.6) is 0 Å². The van der Waals surface area contributed by atoms with E-state index in [1.807, 2.05) is 34.9 Å². The maximum atomic E-state index is 13.1. The van der Waals surface area contributed by atoms with E-state index in [4.69, 9.17) is 0 Å². The first-order valence-corrected chi connectivity index (χ1v) is 8.71. The Morgan fingerprint density at radius 3 is 2.86 bits per heavy atom. The molecule has 0 bridgehead atoms. The lowest BCUT2D eigenvalue weighted by atomic mass is 10.1. The standard InChI is InChI=1S/C21H15N5O3/c1-2-9-26-17-6-4-3-5-14(17)11-18(26)20(27)23-16-8-7-13(12-22)10-15(16)19-24-21(28)29-25-19/h2-8,10-11H,1,9H2,(H,23,27)(H,24,25,28). The van der Waals surface area contributed by atoms with Gasteiger partial charge in [-0.05, 0) is 30.3 Å². The van der Waals surface area contributed by atoms with Crippen LogP contribution in [0.2, 0.25) is 0 Å². The molecule has 2 N–H and O–H groups in total. The van der Waals surface area contributed by atoms with Crippen LogP contribution in [0.4, 0.5) is 5.69 Å². The van der Waals surface area contributed by atoms with Crippen LogP contribution in [0.1, 0.15) is 16.1 Å². The second kappa shape index (κ2) is 7.32.